The van der Waals surface area contributed by atoms with Gasteiger partial charge in [0.25, 0.3) is 5.91 Å². The minimum absolute atomic E-state index is 0.282. The van der Waals surface area contributed by atoms with Crippen molar-refractivity contribution in [3.05, 3.63) is 57.6 Å². The fraction of sp³-hybridized carbons (Fsp3) is 0.263. The van der Waals surface area contributed by atoms with E-state index in [1.165, 1.54) is 13.0 Å². The third kappa shape index (κ3) is 5.38. The average molecular weight is 396 g/mol. The average Bonchev–Trinajstić information content (AvgIpc) is 2.58. The van der Waals surface area contributed by atoms with Crippen molar-refractivity contribution in [2.24, 2.45) is 0 Å². The third-order valence-corrected chi connectivity index (χ3v) is 4.15. The van der Waals surface area contributed by atoms with Crippen molar-refractivity contribution in [1.29, 1.82) is 0 Å². The summed E-state index contributed by atoms with van der Waals surface area (Å²) in [5, 5.41) is 3.49. The molecule has 26 heavy (non-hydrogen) atoms. The van der Waals surface area contributed by atoms with E-state index in [9.17, 15) is 9.59 Å². The van der Waals surface area contributed by atoms with Crippen LogP contribution in [0.5, 0.6) is 5.75 Å². The summed E-state index contributed by atoms with van der Waals surface area (Å²) in [4.78, 5) is 24.0. The Morgan fingerprint density at radius 3 is 2.38 bits per heavy atom. The van der Waals surface area contributed by atoms with Gasteiger partial charge in [0, 0.05) is 10.7 Å². The lowest BCUT2D eigenvalue weighted by Crippen LogP contribution is -2.30. The monoisotopic (exact) mass is 395 g/mol. The van der Waals surface area contributed by atoms with Crippen LogP contribution in [0.1, 0.15) is 18.1 Å². The molecule has 0 heterocycles. The molecule has 0 fully saturated rings. The Morgan fingerprint density at radius 2 is 1.77 bits per heavy atom. The van der Waals surface area contributed by atoms with Gasteiger partial charge in [-0.3, -0.25) is 4.79 Å². The van der Waals surface area contributed by atoms with E-state index in [1.54, 1.807) is 12.1 Å². The van der Waals surface area contributed by atoms with Crippen LogP contribution >= 0.6 is 23.2 Å². The molecule has 0 unspecified atom stereocenters. The van der Waals surface area contributed by atoms with Crippen molar-refractivity contribution in [2.75, 3.05) is 11.9 Å². The number of hydrogen-bond acceptors (Lipinski definition) is 4. The second-order valence-electron chi connectivity index (χ2n) is 5.76. The molecule has 2 aromatic carbocycles. The summed E-state index contributed by atoms with van der Waals surface area (Å²) in [7, 11) is 0. The minimum atomic E-state index is -0.929. The maximum Gasteiger partial charge on any atom is 0.347 e. The molecule has 0 radical (unpaired) electrons. The van der Waals surface area contributed by atoms with Gasteiger partial charge in [-0.05, 0) is 50.1 Å². The Kier molecular flexibility index (Phi) is 6.89. The van der Waals surface area contributed by atoms with E-state index < -0.39 is 24.6 Å². The number of halogens is 2. The summed E-state index contributed by atoms with van der Waals surface area (Å²) in [6, 6.07) is 10.3. The molecule has 1 amide bonds. The maximum absolute atomic E-state index is 12.0. The second-order valence-corrected chi connectivity index (χ2v) is 6.60. The lowest BCUT2D eigenvalue weighted by atomic mass is 10.1. The Morgan fingerprint density at radius 1 is 1.12 bits per heavy atom. The van der Waals surface area contributed by atoms with Crippen molar-refractivity contribution in [3.8, 4) is 5.75 Å². The largest absolute Gasteiger partial charge is 0.477 e. The number of benzene rings is 2. The number of hydrogen-bond donors (Lipinski definition) is 1. The second kappa shape index (κ2) is 8.92. The number of carbonyl (C=O) groups excluding carboxylic acids is 2. The summed E-state index contributed by atoms with van der Waals surface area (Å²) < 4.78 is 10.5. The predicted molar refractivity (Wildman–Crippen MR) is 102 cm³/mol. The van der Waals surface area contributed by atoms with E-state index in [1.807, 2.05) is 32.0 Å². The molecule has 2 aromatic rings. The van der Waals surface area contributed by atoms with Crippen LogP contribution < -0.4 is 10.1 Å². The quantitative estimate of drug-likeness (QED) is 0.728. The molecule has 0 saturated carbocycles. The maximum atomic E-state index is 12.0. The zero-order valence-electron chi connectivity index (χ0n) is 14.6. The van der Waals surface area contributed by atoms with Gasteiger partial charge in [0.1, 0.15) is 5.75 Å². The highest BCUT2D eigenvalue weighted by Crippen LogP contribution is 2.28. The number of aryl methyl sites for hydroxylation is 2. The van der Waals surface area contributed by atoms with Gasteiger partial charge in [-0.1, -0.05) is 41.4 Å². The third-order valence-electron chi connectivity index (χ3n) is 3.62. The first-order chi connectivity index (χ1) is 12.3. The SMILES string of the molecule is Cc1cccc(C)c1NC(=O)COC(=O)[C@H](C)Oc1ccc(Cl)cc1Cl. The molecular weight excluding hydrogens is 377 g/mol. The number of para-hydroxylation sites is 1. The van der Waals surface area contributed by atoms with Crippen LogP contribution in [0.2, 0.25) is 10.0 Å². The molecule has 0 aromatic heterocycles. The Balaban J connectivity index is 1.88. The molecule has 1 N–H and O–H groups in total. The highest BCUT2D eigenvalue weighted by molar-refractivity contribution is 6.35. The van der Waals surface area contributed by atoms with Crippen molar-refractivity contribution < 1.29 is 19.1 Å². The van der Waals surface area contributed by atoms with Crippen LogP contribution in [-0.4, -0.2) is 24.6 Å². The van der Waals surface area contributed by atoms with Crippen molar-refractivity contribution in [1.82, 2.24) is 0 Å². The fourth-order valence-corrected chi connectivity index (χ4v) is 2.70. The summed E-state index contributed by atoms with van der Waals surface area (Å²) in [6.45, 7) is 4.88. The number of rotatable bonds is 6. The molecule has 0 spiro atoms. The standard InChI is InChI=1S/C19H19Cl2NO4/c1-11-5-4-6-12(2)18(11)22-17(23)10-25-19(24)13(3)26-16-8-7-14(20)9-15(16)21/h4-9,13H,10H2,1-3H3,(H,22,23)/t13-/m0/s1. The van der Waals surface area contributed by atoms with Gasteiger partial charge < -0.3 is 14.8 Å². The molecule has 0 aliphatic carbocycles. The Bertz CT molecular complexity index is 803. The summed E-state index contributed by atoms with van der Waals surface area (Å²) in [5.74, 6) is -0.791. The van der Waals surface area contributed by atoms with Gasteiger partial charge in [-0.2, -0.15) is 0 Å². The number of anilines is 1. The van der Waals surface area contributed by atoms with Crippen LogP contribution in [0.15, 0.2) is 36.4 Å². The first-order valence-electron chi connectivity index (χ1n) is 7.92. The smallest absolute Gasteiger partial charge is 0.347 e. The summed E-state index contributed by atoms with van der Waals surface area (Å²) in [5.41, 5.74) is 2.57. The predicted octanol–water partition coefficient (Wildman–Crippen LogP) is 4.56. The molecule has 0 saturated heterocycles. The lowest BCUT2D eigenvalue weighted by molar-refractivity contribution is -0.153. The van der Waals surface area contributed by atoms with Gasteiger partial charge in [-0.25, -0.2) is 4.79 Å². The van der Waals surface area contributed by atoms with Crippen LogP contribution in [0.3, 0.4) is 0 Å². The normalized spacial score (nSPS) is 11.6. The van der Waals surface area contributed by atoms with E-state index in [4.69, 9.17) is 32.7 Å². The van der Waals surface area contributed by atoms with Crippen molar-refractivity contribution in [2.45, 2.75) is 26.9 Å². The van der Waals surface area contributed by atoms with Crippen LogP contribution in [-0.2, 0) is 14.3 Å². The highest BCUT2D eigenvalue weighted by Gasteiger charge is 2.19. The highest BCUT2D eigenvalue weighted by atomic mass is 35.5. The van der Waals surface area contributed by atoms with Crippen LogP contribution in [0.25, 0.3) is 0 Å². The van der Waals surface area contributed by atoms with E-state index in [0.717, 1.165) is 11.1 Å². The Hall–Kier alpha value is -2.24. The zero-order chi connectivity index (χ0) is 19.3. The van der Waals surface area contributed by atoms with Crippen LogP contribution in [0.4, 0.5) is 5.69 Å². The van der Waals surface area contributed by atoms with Crippen LogP contribution in [0, 0.1) is 13.8 Å². The number of nitrogens with one attached hydrogen (secondary N) is 1. The Labute approximate surface area is 162 Å². The summed E-state index contributed by atoms with van der Waals surface area (Å²) in [6.07, 6.45) is -0.929. The molecule has 0 aliphatic heterocycles. The van der Waals surface area contributed by atoms with E-state index in [-0.39, 0.29) is 5.02 Å². The van der Waals surface area contributed by atoms with Crippen molar-refractivity contribution in [3.63, 3.8) is 0 Å². The first-order valence-corrected chi connectivity index (χ1v) is 8.68. The van der Waals surface area contributed by atoms with E-state index in [2.05, 4.69) is 5.32 Å². The van der Waals surface area contributed by atoms with Gasteiger partial charge in [0.2, 0.25) is 0 Å². The minimum Gasteiger partial charge on any atom is -0.477 e. The topological polar surface area (TPSA) is 64.6 Å². The molecule has 138 valence electrons. The number of esters is 1. The zero-order valence-corrected chi connectivity index (χ0v) is 16.1. The van der Waals surface area contributed by atoms with Gasteiger partial charge >= 0.3 is 5.97 Å². The number of carbonyl (C=O) groups is 2. The van der Waals surface area contributed by atoms with E-state index in [0.29, 0.717) is 16.5 Å². The van der Waals surface area contributed by atoms with Gasteiger partial charge in [0.05, 0.1) is 5.02 Å². The molecule has 0 aliphatic rings. The van der Waals surface area contributed by atoms with Crippen molar-refractivity contribution >= 4 is 40.8 Å². The molecule has 0 bridgehead atoms. The van der Waals surface area contributed by atoms with E-state index >= 15 is 0 Å². The molecular formula is C19H19Cl2NO4. The molecule has 2 rings (SSSR count). The number of ether oxygens (including phenoxy) is 2. The molecule has 5 nitrogen and oxygen atoms in total. The summed E-state index contributed by atoms with van der Waals surface area (Å²) >= 11 is 11.8. The van der Waals surface area contributed by atoms with Gasteiger partial charge in [0.15, 0.2) is 12.7 Å². The molecule has 7 heteroatoms. The fourth-order valence-electron chi connectivity index (χ4n) is 2.25. The lowest BCUT2D eigenvalue weighted by Gasteiger charge is -2.15. The number of amides is 1. The van der Waals surface area contributed by atoms with Gasteiger partial charge in [-0.15, -0.1) is 0 Å². The first kappa shape index (κ1) is 20.1. The molecule has 1 atom stereocenters.